The van der Waals surface area contributed by atoms with Gasteiger partial charge in [-0.15, -0.1) is 0 Å². The molecule has 1 aromatic rings. The van der Waals surface area contributed by atoms with Crippen LogP contribution in [0.2, 0.25) is 0 Å². The molecule has 0 saturated heterocycles. The van der Waals surface area contributed by atoms with Gasteiger partial charge in [0.2, 0.25) is 0 Å². The molecular formula is C18H29NO2. The fourth-order valence-corrected chi connectivity index (χ4v) is 3.15. The van der Waals surface area contributed by atoms with Crippen molar-refractivity contribution in [3.8, 4) is 5.75 Å². The molecule has 2 rings (SSSR count). The van der Waals surface area contributed by atoms with Gasteiger partial charge in [-0.1, -0.05) is 18.2 Å². The number of hydrogen-bond acceptors (Lipinski definition) is 3. The molecule has 0 amide bonds. The first-order valence-corrected chi connectivity index (χ1v) is 8.14. The largest absolute Gasteiger partial charge is 0.491 e. The summed E-state index contributed by atoms with van der Waals surface area (Å²) < 4.78 is 11.5. The summed E-state index contributed by atoms with van der Waals surface area (Å²) in [5, 5.41) is 3.75. The first-order valence-electron chi connectivity index (χ1n) is 8.14. The molecule has 1 saturated carbocycles. The minimum Gasteiger partial charge on any atom is -0.491 e. The van der Waals surface area contributed by atoms with Crippen LogP contribution in [0.25, 0.3) is 0 Å². The van der Waals surface area contributed by atoms with Gasteiger partial charge in [0, 0.05) is 24.8 Å². The molecule has 118 valence electrons. The van der Waals surface area contributed by atoms with Gasteiger partial charge in [-0.3, -0.25) is 0 Å². The van der Waals surface area contributed by atoms with E-state index in [2.05, 4.69) is 44.3 Å². The Bertz CT molecular complexity index is 433. The summed E-state index contributed by atoms with van der Waals surface area (Å²) in [5.74, 6) is 0.992. The predicted molar refractivity (Wildman–Crippen MR) is 86.8 cm³/mol. The Labute approximate surface area is 129 Å². The van der Waals surface area contributed by atoms with Gasteiger partial charge in [-0.25, -0.2) is 0 Å². The van der Waals surface area contributed by atoms with Crippen molar-refractivity contribution >= 4 is 0 Å². The highest BCUT2D eigenvalue weighted by atomic mass is 16.5. The number of ether oxygens (including phenoxy) is 2. The van der Waals surface area contributed by atoms with E-state index in [-0.39, 0.29) is 6.10 Å². The second kappa shape index (κ2) is 7.81. The Hall–Kier alpha value is -1.06. The Morgan fingerprint density at radius 1 is 1.14 bits per heavy atom. The van der Waals surface area contributed by atoms with E-state index >= 15 is 0 Å². The van der Waals surface area contributed by atoms with Gasteiger partial charge in [0.05, 0.1) is 12.2 Å². The fraction of sp³-hybridized carbons (Fsp3) is 0.667. The van der Waals surface area contributed by atoms with Crippen molar-refractivity contribution in [1.29, 1.82) is 0 Å². The number of rotatable bonds is 6. The summed E-state index contributed by atoms with van der Waals surface area (Å²) in [6.07, 6.45) is 5.38. The minimum atomic E-state index is 0.200. The Kier molecular flexibility index (Phi) is 6.07. The SMILES string of the molecule is COC1CCCC(NC(C)c2ccccc2OC(C)C)C1. The second-order valence-corrected chi connectivity index (χ2v) is 6.31. The highest BCUT2D eigenvalue weighted by molar-refractivity contribution is 5.35. The molecule has 1 fully saturated rings. The fourth-order valence-electron chi connectivity index (χ4n) is 3.15. The lowest BCUT2D eigenvalue weighted by Gasteiger charge is -2.31. The van der Waals surface area contributed by atoms with Gasteiger partial charge in [-0.05, 0) is 52.5 Å². The molecule has 21 heavy (non-hydrogen) atoms. The Morgan fingerprint density at radius 2 is 1.90 bits per heavy atom. The van der Waals surface area contributed by atoms with E-state index in [0.717, 1.165) is 12.2 Å². The quantitative estimate of drug-likeness (QED) is 0.856. The van der Waals surface area contributed by atoms with Crippen LogP contribution in [0.1, 0.15) is 58.1 Å². The number of para-hydroxylation sites is 1. The van der Waals surface area contributed by atoms with E-state index in [1.165, 1.54) is 24.8 Å². The zero-order valence-corrected chi connectivity index (χ0v) is 13.8. The molecule has 1 N–H and O–H groups in total. The van der Waals surface area contributed by atoms with E-state index in [1.807, 2.05) is 13.2 Å². The van der Waals surface area contributed by atoms with Gasteiger partial charge in [-0.2, -0.15) is 0 Å². The zero-order valence-electron chi connectivity index (χ0n) is 13.8. The van der Waals surface area contributed by atoms with Crippen LogP contribution in [-0.4, -0.2) is 25.4 Å². The molecule has 0 aromatic heterocycles. The summed E-state index contributed by atoms with van der Waals surface area (Å²) in [6, 6.07) is 9.17. The molecule has 0 spiro atoms. The summed E-state index contributed by atoms with van der Waals surface area (Å²) in [5.41, 5.74) is 1.24. The monoisotopic (exact) mass is 291 g/mol. The normalized spacial score (nSPS) is 24.0. The molecule has 0 radical (unpaired) electrons. The molecule has 3 unspecified atom stereocenters. The Morgan fingerprint density at radius 3 is 2.62 bits per heavy atom. The van der Waals surface area contributed by atoms with Gasteiger partial charge < -0.3 is 14.8 Å². The van der Waals surface area contributed by atoms with Crippen molar-refractivity contribution in [3.05, 3.63) is 29.8 Å². The van der Waals surface area contributed by atoms with E-state index in [0.29, 0.717) is 18.2 Å². The summed E-state index contributed by atoms with van der Waals surface area (Å²) in [7, 11) is 1.82. The molecule has 0 heterocycles. The highest BCUT2D eigenvalue weighted by Crippen LogP contribution is 2.28. The van der Waals surface area contributed by atoms with Crippen molar-refractivity contribution in [3.63, 3.8) is 0 Å². The standard InChI is InChI=1S/C18H29NO2/c1-13(2)21-18-11-6-5-10-17(18)14(3)19-15-8-7-9-16(12-15)20-4/h5-6,10-11,13-16,19H,7-9,12H2,1-4H3. The predicted octanol–water partition coefficient (Wildman–Crippen LogP) is 4.08. The molecule has 1 aliphatic rings. The topological polar surface area (TPSA) is 30.5 Å². The average molecular weight is 291 g/mol. The lowest BCUT2D eigenvalue weighted by Crippen LogP contribution is -2.38. The third kappa shape index (κ3) is 4.72. The van der Waals surface area contributed by atoms with E-state index in [9.17, 15) is 0 Å². The lowest BCUT2D eigenvalue weighted by atomic mass is 9.91. The van der Waals surface area contributed by atoms with Gasteiger partial charge in [0.15, 0.2) is 0 Å². The summed E-state index contributed by atoms with van der Waals surface area (Å²) in [4.78, 5) is 0. The first kappa shape index (κ1) is 16.3. The maximum atomic E-state index is 5.93. The molecule has 0 aliphatic heterocycles. The molecule has 3 heteroatoms. The Balaban J connectivity index is 2.01. The van der Waals surface area contributed by atoms with Crippen molar-refractivity contribution in [2.45, 2.75) is 70.7 Å². The number of hydrogen-bond donors (Lipinski definition) is 1. The molecular weight excluding hydrogens is 262 g/mol. The molecule has 0 bridgehead atoms. The average Bonchev–Trinajstić information content (AvgIpc) is 2.47. The van der Waals surface area contributed by atoms with E-state index in [1.54, 1.807) is 0 Å². The van der Waals surface area contributed by atoms with Crippen LogP contribution >= 0.6 is 0 Å². The maximum absolute atomic E-state index is 5.93. The second-order valence-electron chi connectivity index (χ2n) is 6.31. The third-order valence-corrected chi connectivity index (χ3v) is 4.19. The smallest absolute Gasteiger partial charge is 0.124 e. The minimum absolute atomic E-state index is 0.200. The third-order valence-electron chi connectivity index (χ3n) is 4.19. The van der Waals surface area contributed by atoms with Gasteiger partial charge >= 0.3 is 0 Å². The maximum Gasteiger partial charge on any atom is 0.124 e. The van der Waals surface area contributed by atoms with Gasteiger partial charge in [0.25, 0.3) is 0 Å². The summed E-state index contributed by atoms with van der Waals surface area (Å²) in [6.45, 7) is 6.36. The molecule has 1 aliphatic carbocycles. The van der Waals surface area contributed by atoms with Crippen LogP contribution in [0.5, 0.6) is 5.75 Å². The molecule has 3 nitrogen and oxygen atoms in total. The van der Waals surface area contributed by atoms with Crippen molar-refractivity contribution in [1.82, 2.24) is 5.32 Å². The van der Waals surface area contributed by atoms with Crippen LogP contribution in [0.4, 0.5) is 0 Å². The van der Waals surface area contributed by atoms with Crippen molar-refractivity contribution in [2.24, 2.45) is 0 Å². The van der Waals surface area contributed by atoms with Crippen LogP contribution in [-0.2, 0) is 4.74 Å². The van der Waals surface area contributed by atoms with E-state index in [4.69, 9.17) is 9.47 Å². The molecule has 3 atom stereocenters. The highest BCUT2D eigenvalue weighted by Gasteiger charge is 2.24. The number of methoxy groups -OCH3 is 1. The van der Waals surface area contributed by atoms with Crippen LogP contribution in [0, 0.1) is 0 Å². The lowest BCUT2D eigenvalue weighted by molar-refractivity contribution is 0.0572. The first-order chi connectivity index (χ1) is 10.1. The van der Waals surface area contributed by atoms with Crippen LogP contribution in [0.3, 0.4) is 0 Å². The molecule has 1 aromatic carbocycles. The van der Waals surface area contributed by atoms with Crippen molar-refractivity contribution in [2.75, 3.05) is 7.11 Å². The summed E-state index contributed by atoms with van der Waals surface area (Å²) >= 11 is 0. The number of benzene rings is 1. The van der Waals surface area contributed by atoms with Crippen LogP contribution < -0.4 is 10.1 Å². The number of nitrogens with one attached hydrogen (secondary N) is 1. The van der Waals surface area contributed by atoms with E-state index < -0.39 is 0 Å². The van der Waals surface area contributed by atoms with Crippen LogP contribution in [0.15, 0.2) is 24.3 Å². The van der Waals surface area contributed by atoms with Crippen molar-refractivity contribution < 1.29 is 9.47 Å². The van der Waals surface area contributed by atoms with Gasteiger partial charge in [0.1, 0.15) is 5.75 Å². The zero-order chi connectivity index (χ0) is 15.2.